The number of aromatic amines is 1. The van der Waals surface area contributed by atoms with E-state index in [0.717, 1.165) is 18.6 Å². The number of rotatable bonds is 3. The van der Waals surface area contributed by atoms with Crippen LogP contribution in [0.2, 0.25) is 0 Å². The van der Waals surface area contributed by atoms with Gasteiger partial charge in [-0.1, -0.05) is 26.8 Å². The van der Waals surface area contributed by atoms with Crippen LogP contribution >= 0.6 is 15.9 Å². The van der Waals surface area contributed by atoms with E-state index < -0.39 is 11.7 Å². The van der Waals surface area contributed by atoms with Crippen LogP contribution in [0.1, 0.15) is 54.4 Å². The van der Waals surface area contributed by atoms with Gasteiger partial charge in [-0.3, -0.25) is 9.59 Å². The van der Waals surface area contributed by atoms with E-state index in [1.54, 1.807) is 32.9 Å². The molecule has 1 aromatic heterocycles. The van der Waals surface area contributed by atoms with Crippen LogP contribution in [0.3, 0.4) is 0 Å². The van der Waals surface area contributed by atoms with E-state index in [2.05, 4.69) is 59.8 Å². The first kappa shape index (κ1) is 31.6. The average Bonchev–Trinajstić information content (AvgIpc) is 3.15. The highest BCUT2D eigenvalue weighted by Crippen LogP contribution is 2.15. The molecule has 1 fully saturated rings. The van der Waals surface area contributed by atoms with Crippen molar-refractivity contribution in [1.82, 2.24) is 15.2 Å². The number of nitrogens with zero attached hydrogens (tertiary/aromatic N) is 1. The van der Waals surface area contributed by atoms with Crippen LogP contribution in [0.4, 0.5) is 4.79 Å². The van der Waals surface area contributed by atoms with Crippen molar-refractivity contribution in [1.29, 1.82) is 0 Å². The third-order valence-electron chi connectivity index (χ3n) is 3.29. The Hall–Kier alpha value is -2.60. The first-order valence-electron chi connectivity index (χ1n) is 10.3. The van der Waals surface area contributed by atoms with E-state index in [0.29, 0.717) is 17.6 Å². The summed E-state index contributed by atoms with van der Waals surface area (Å²) >= 11 is 3.11. The lowest BCUT2D eigenvalue weighted by atomic mass is 10.2. The molecule has 180 valence electrons. The Kier molecular flexibility index (Phi) is 16.8. The van der Waals surface area contributed by atoms with E-state index >= 15 is 0 Å². The number of amides is 2. The molecule has 0 saturated carbocycles. The Bertz CT molecular complexity index is 766. The Morgan fingerprint density at radius 1 is 1.31 bits per heavy atom. The number of pyridine rings is 1. The van der Waals surface area contributed by atoms with Crippen molar-refractivity contribution in [3.05, 3.63) is 33.2 Å². The Morgan fingerprint density at radius 3 is 2.28 bits per heavy atom. The summed E-state index contributed by atoms with van der Waals surface area (Å²) in [5, 5.41) is 2.39. The van der Waals surface area contributed by atoms with Crippen molar-refractivity contribution in [3.8, 4) is 12.8 Å². The minimum Gasteiger partial charge on any atom is -0.444 e. The maximum atomic E-state index is 11.8. The van der Waals surface area contributed by atoms with Gasteiger partial charge in [0.25, 0.3) is 0 Å². The smallest absolute Gasteiger partial charge is 0.408 e. The molecule has 32 heavy (non-hydrogen) atoms. The lowest BCUT2D eigenvalue weighted by Gasteiger charge is -2.22. The van der Waals surface area contributed by atoms with Crippen LogP contribution in [0.25, 0.3) is 0 Å². The summed E-state index contributed by atoms with van der Waals surface area (Å²) < 4.78 is 5.73. The van der Waals surface area contributed by atoms with Crippen LogP contribution in [0.15, 0.2) is 27.6 Å². The molecular formula is C23H36BrN3O5. The molecule has 1 saturated heterocycles. The zero-order valence-electron chi connectivity index (χ0n) is 19.8. The molecule has 0 bridgehead atoms. The van der Waals surface area contributed by atoms with Gasteiger partial charge in [0.1, 0.15) is 18.4 Å². The molecule has 2 rings (SSSR count). The minimum atomic E-state index is -0.627. The van der Waals surface area contributed by atoms with Gasteiger partial charge < -0.3 is 24.7 Å². The zero-order chi connectivity index (χ0) is 25.3. The number of carbonyl (C=O) groups excluding carboxylic acids is 3. The topological polar surface area (TPSA) is 109 Å². The number of aromatic nitrogens is 1. The number of H-pyrrole nitrogens is 1. The third-order valence-corrected chi connectivity index (χ3v) is 3.75. The average molecular weight is 514 g/mol. The van der Waals surface area contributed by atoms with Crippen molar-refractivity contribution < 1.29 is 19.1 Å². The second-order valence-corrected chi connectivity index (χ2v) is 9.24. The lowest BCUT2D eigenvalue weighted by molar-refractivity contribution is -0.133. The SMILES string of the molecule is C#C.CC(C)(C)OC(=O)NCC(=O)N1CCC[C@H]1C=O.CC(C)C.O=c1cccc(Br)[nH]1. The summed E-state index contributed by atoms with van der Waals surface area (Å²) in [4.78, 5) is 48.3. The fraction of sp³-hybridized carbons (Fsp3) is 0.565. The maximum absolute atomic E-state index is 11.8. The highest BCUT2D eigenvalue weighted by Gasteiger charge is 2.28. The van der Waals surface area contributed by atoms with Crippen molar-refractivity contribution >= 4 is 34.2 Å². The maximum Gasteiger partial charge on any atom is 0.408 e. The summed E-state index contributed by atoms with van der Waals surface area (Å²) in [6, 6.07) is 4.56. The van der Waals surface area contributed by atoms with Gasteiger partial charge in [0.2, 0.25) is 11.5 Å². The van der Waals surface area contributed by atoms with Gasteiger partial charge in [-0.15, -0.1) is 12.8 Å². The molecule has 9 heteroatoms. The molecule has 0 aliphatic carbocycles. The molecule has 1 aliphatic heterocycles. The van der Waals surface area contributed by atoms with Crippen molar-refractivity contribution in [2.24, 2.45) is 5.92 Å². The Labute approximate surface area is 199 Å². The molecule has 0 radical (unpaired) electrons. The fourth-order valence-corrected chi connectivity index (χ4v) is 2.58. The van der Waals surface area contributed by atoms with Gasteiger partial charge in [-0.2, -0.15) is 0 Å². The van der Waals surface area contributed by atoms with Gasteiger partial charge in [-0.25, -0.2) is 4.79 Å². The summed E-state index contributed by atoms with van der Waals surface area (Å²) in [6.45, 7) is 12.2. The Balaban J connectivity index is 0. The lowest BCUT2D eigenvalue weighted by Crippen LogP contribution is -2.44. The predicted octanol–water partition coefficient (Wildman–Crippen LogP) is 3.75. The molecule has 2 amide bonds. The van der Waals surface area contributed by atoms with Gasteiger partial charge in [0.15, 0.2) is 0 Å². The van der Waals surface area contributed by atoms with Crippen LogP contribution in [-0.2, 0) is 14.3 Å². The second kappa shape index (κ2) is 17.0. The van der Waals surface area contributed by atoms with Crippen LogP contribution in [-0.4, -0.2) is 52.9 Å². The third kappa shape index (κ3) is 17.1. The molecule has 8 nitrogen and oxygen atoms in total. The number of likely N-dealkylation sites (tertiary alicyclic amines) is 1. The molecule has 0 unspecified atom stereocenters. The van der Waals surface area contributed by atoms with Gasteiger partial charge >= 0.3 is 6.09 Å². The number of nitrogens with one attached hydrogen (secondary N) is 2. The van der Waals surface area contributed by atoms with Gasteiger partial charge in [0, 0.05) is 12.6 Å². The number of aldehydes is 1. The summed E-state index contributed by atoms with van der Waals surface area (Å²) in [5.41, 5.74) is -0.675. The largest absolute Gasteiger partial charge is 0.444 e. The number of carbonyl (C=O) groups is 3. The van der Waals surface area contributed by atoms with Crippen LogP contribution < -0.4 is 10.9 Å². The number of terminal acetylenes is 1. The zero-order valence-corrected chi connectivity index (χ0v) is 21.4. The molecular weight excluding hydrogens is 478 g/mol. The first-order chi connectivity index (χ1) is 14.9. The van der Waals surface area contributed by atoms with E-state index in [9.17, 15) is 19.2 Å². The van der Waals surface area contributed by atoms with Gasteiger partial charge in [-0.05, 0) is 61.5 Å². The Morgan fingerprint density at radius 2 is 1.88 bits per heavy atom. The second-order valence-electron chi connectivity index (χ2n) is 8.38. The standard InChI is InChI=1S/C12H20N2O4.C5H4BrNO.C4H10.C2H2/c1-12(2,3)18-11(17)13-7-10(16)14-6-4-5-9(14)8-15;6-4-2-1-3-5(8)7-4;1-4(2)3;1-2/h8-9H,4-7H2,1-3H3,(H,13,17);1-3H,(H,7,8);4H,1-3H3;1-2H/t9-;;;/m0.../s1. The normalized spacial score (nSPS) is 14.4. The van der Waals surface area contributed by atoms with Crippen molar-refractivity contribution in [2.45, 2.75) is 66.0 Å². The summed E-state index contributed by atoms with van der Waals surface area (Å²) in [6.07, 6.45) is 9.67. The predicted molar refractivity (Wildman–Crippen MR) is 130 cm³/mol. The van der Waals surface area contributed by atoms with E-state index in [4.69, 9.17) is 4.74 Å². The number of hydrogen-bond donors (Lipinski definition) is 2. The molecule has 1 aliphatic rings. The molecule has 2 heterocycles. The molecule has 1 atom stereocenters. The number of halogens is 1. The van der Waals surface area contributed by atoms with E-state index in [1.807, 2.05) is 0 Å². The minimum absolute atomic E-state index is 0.0839. The molecule has 0 aromatic carbocycles. The molecule has 0 spiro atoms. The highest BCUT2D eigenvalue weighted by atomic mass is 79.9. The van der Waals surface area contributed by atoms with Crippen LogP contribution in [0.5, 0.6) is 0 Å². The van der Waals surface area contributed by atoms with Crippen LogP contribution in [0, 0.1) is 18.8 Å². The van der Waals surface area contributed by atoms with E-state index in [-0.39, 0.29) is 24.1 Å². The van der Waals surface area contributed by atoms with Crippen molar-refractivity contribution in [3.63, 3.8) is 0 Å². The summed E-state index contributed by atoms with van der Waals surface area (Å²) in [7, 11) is 0. The van der Waals surface area contributed by atoms with Gasteiger partial charge in [0.05, 0.1) is 10.6 Å². The summed E-state index contributed by atoms with van der Waals surface area (Å²) in [5.74, 6) is 0.579. The number of ether oxygens (including phenoxy) is 1. The molecule has 2 N–H and O–H groups in total. The quantitative estimate of drug-likeness (QED) is 0.363. The first-order valence-corrected chi connectivity index (χ1v) is 11.0. The van der Waals surface area contributed by atoms with Crippen molar-refractivity contribution in [2.75, 3.05) is 13.1 Å². The molecule has 1 aromatic rings. The number of alkyl carbamates (subject to hydrolysis) is 1. The number of hydrogen-bond acceptors (Lipinski definition) is 5. The highest BCUT2D eigenvalue weighted by molar-refractivity contribution is 9.10. The van der Waals surface area contributed by atoms with E-state index in [1.165, 1.54) is 11.0 Å². The monoisotopic (exact) mass is 513 g/mol. The fourth-order valence-electron chi connectivity index (χ4n) is 2.23.